The summed E-state index contributed by atoms with van der Waals surface area (Å²) in [5.74, 6) is -0.430. The lowest BCUT2D eigenvalue weighted by Gasteiger charge is -2.28. The maximum absolute atomic E-state index is 12.8. The van der Waals surface area contributed by atoms with E-state index in [4.69, 9.17) is 0 Å². The van der Waals surface area contributed by atoms with Gasteiger partial charge in [-0.05, 0) is 25.0 Å². The van der Waals surface area contributed by atoms with E-state index >= 15 is 0 Å². The van der Waals surface area contributed by atoms with Crippen molar-refractivity contribution in [3.05, 3.63) is 45.1 Å². The van der Waals surface area contributed by atoms with E-state index in [0.717, 1.165) is 4.57 Å². The lowest BCUT2D eigenvalue weighted by molar-refractivity contribution is -0.133. The Morgan fingerprint density at radius 1 is 1.31 bits per heavy atom. The quantitative estimate of drug-likeness (QED) is 0.793. The van der Waals surface area contributed by atoms with E-state index in [-0.39, 0.29) is 11.5 Å². The third kappa shape index (κ3) is 3.57. The fourth-order valence-electron chi connectivity index (χ4n) is 3.34. The van der Waals surface area contributed by atoms with Gasteiger partial charge in [-0.1, -0.05) is 19.1 Å². The van der Waals surface area contributed by atoms with Gasteiger partial charge in [0.05, 0.1) is 22.4 Å². The molecule has 8 nitrogen and oxygen atoms in total. The van der Waals surface area contributed by atoms with Gasteiger partial charge in [0.2, 0.25) is 5.91 Å². The SMILES string of the molecule is CCCN(C(=O)Cn1c(=O)[nH]c2ccccc2c1=O)C1CCS(=O)(=O)C1. The van der Waals surface area contributed by atoms with Crippen LogP contribution in [-0.4, -0.2) is 52.9 Å². The molecule has 3 rings (SSSR count). The Labute approximate surface area is 150 Å². The monoisotopic (exact) mass is 379 g/mol. The molecule has 0 aliphatic carbocycles. The summed E-state index contributed by atoms with van der Waals surface area (Å²) >= 11 is 0. The molecule has 1 atom stereocenters. The Bertz CT molecular complexity index is 1050. The molecule has 1 unspecified atom stereocenters. The molecule has 9 heteroatoms. The van der Waals surface area contributed by atoms with Crippen molar-refractivity contribution in [3.63, 3.8) is 0 Å². The van der Waals surface area contributed by atoms with Gasteiger partial charge in [0.25, 0.3) is 5.56 Å². The van der Waals surface area contributed by atoms with E-state index in [9.17, 15) is 22.8 Å². The Morgan fingerprint density at radius 2 is 2.04 bits per heavy atom. The van der Waals surface area contributed by atoms with Crippen molar-refractivity contribution in [1.29, 1.82) is 0 Å². The minimum absolute atomic E-state index is 0.0572. The fraction of sp³-hybridized carbons (Fsp3) is 0.471. The summed E-state index contributed by atoms with van der Waals surface area (Å²) in [5.41, 5.74) is -0.774. The number of fused-ring (bicyclic) bond motifs is 1. The van der Waals surface area contributed by atoms with Gasteiger partial charge >= 0.3 is 5.69 Å². The molecular formula is C17H21N3O5S. The van der Waals surface area contributed by atoms with E-state index in [1.54, 1.807) is 24.3 Å². The molecule has 0 bridgehead atoms. The predicted molar refractivity (Wildman–Crippen MR) is 97.9 cm³/mol. The number of para-hydroxylation sites is 1. The molecule has 1 aliphatic heterocycles. The highest BCUT2D eigenvalue weighted by atomic mass is 32.2. The van der Waals surface area contributed by atoms with Gasteiger partial charge in [0.1, 0.15) is 6.54 Å². The highest BCUT2D eigenvalue weighted by Crippen LogP contribution is 2.18. The molecule has 1 aromatic heterocycles. The third-order valence-electron chi connectivity index (χ3n) is 4.62. The number of rotatable bonds is 5. The van der Waals surface area contributed by atoms with Crippen molar-refractivity contribution >= 4 is 26.6 Å². The van der Waals surface area contributed by atoms with Gasteiger partial charge in [-0.15, -0.1) is 0 Å². The van der Waals surface area contributed by atoms with Crippen LogP contribution in [-0.2, 0) is 21.2 Å². The summed E-state index contributed by atoms with van der Waals surface area (Å²) in [7, 11) is -3.14. The Kier molecular flexibility index (Phi) is 4.99. The maximum Gasteiger partial charge on any atom is 0.329 e. The summed E-state index contributed by atoms with van der Waals surface area (Å²) in [5, 5.41) is 0.324. The first kappa shape index (κ1) is 18.4. The summed E-state index contributed by atoms with van der Waals surface area (Å²) in [4.78, 5) is 41.7. The number of carbonyl (C=O) groups excluding carboxylic acids is 1. The van der Waals surface area contributed by atoms with Crippen molar-refractivity contribution in [2.45, 2.75) is 32.4 Å². The minimum atomic E-state index is -3.14. The van der Waals surface area contributed by atoms with Crippen LogP contribution in [0.5, 0.6) is 0 Å². The van der Waals surface area contributed by atoms with Gasteiger partial charge in [0.15, 0.2) is 9.84 Å². The van der Waals surface area contributed by atoms with Gasteiger partial charge in [0, 0.05) is 12.6 Å². The molecule has 1 saturated heterocycles. The molecule has 0 spiro atoms. The van der Waals surface area contributed by atoms with E-state index in [2.05, 4.69) is 4.98 Å². The predicted octanol–water partition coefficient (Wildman–Crippen LogP) is 0.116. The molecule has 1 amide bonds. The van der Waals surface area contributed by atoms with E-state index in [1.807, 2.05) is 6.92 Å². The number of amides is 1. The number of benzene rings is 1. The van der Waals surface area contributed by atoms with E-state index in [1.165, 1.54) is 4.90 Å². The number of hydrogen-bond donors (Lipinski definition) is 1. The van der Waals surface area contributed by atoms with Crippen LogP contribution in [0, 0.1) is 0 Å². The average molecular weight is 379 g/mol. The molecule has 2 aromatic rings. The van der Waals surface area contributed by atoms with Gasteiger partial charge in [-0.3, -0.25) is 14.2 Å². The first-order chi connectivity index (χ1) is 12.3. The highest BCUT2D eigenvalue weighted by Gasteiger charge is 2.34. The van der Waals surface area contributed by atoms with Crippen molar-refractivity contribution < 1.29 is 13.2 Å². The number of H-pyrrole nitrogens is 1. The number of aromatic nitrogens is 2. The molecule has 1 aliphatic rings. The highest BCUT2D eigenvalue weighted by molar-refractivity contribution is 7.91. The number of nitrogens with one attached hydrogen (secondary N) is 1. The lowest BCUT2D eigenvalue weighted by atomic mass is 10.2. The molecule has 1 N–H and O–H groups in total. The van der Waals surface area contributed by atoms with E-state index in [0.29, 0.717) is 30.3 Å². The van der Waals surface area contributed by atoms with Crippen LogP contribution in [0.4, 0.5) is 0 Å². The topological polar surface area (TPSA) is 109 Å². The summed E-state index contributed by atoms with van der Waals surface area (Å²) in [6, 6.07) is 6.19. The van der Waals surface area contributed by atoms with Crippen LogP contribution in [0.2, 0.25) is 0 Å². The van der Waals surface area contributed by atoms with Crippen LogP contribution < -0.4 is 11.2 Å². The Morgan fingerprint density at radius 3 is 2.69 bits per heavy atom. The number of carbonyl (C=O) groups is 1. The first-order valence-corrected chi connectivity index (χ1v) is 10.4. The van der Waals surface area contributed by atoms with Crippen molar-refractivity contribution in [2.75, 3.05) is 18.1 Å². The van der Waals surface area contributed by atoms with E-state index < -0.39 is 39.6 Å². The zero-order valence-electron chi connectivity index (χ0n) is 14.5. The van der Waals surface area contributed by atoms with Crippen LogP contribution >= 0.6 is 0 Å². The molecule has 2 heterocycles. The normalized spacial score (nSPS) is 18.9. The summed E-state index contributed by atoms with van der Waals surface area (Å²) < 4.78 is 24.3. The van der Waals surface area contributed by atoms with Gasteiger partial charge in [-0.25, -0.2) is 13.2 Å². The smallest absolute Gasteiger partial charge is 0.329 e. The molecule has 1 fully saturated rings. The number of sulfone groups is 1. The maximum atomic E-state index is 12.8. The van der Waals surface area contributed by atoms with Crippen LogP contribution in [0.25, 0.3) is 10.9 Å². The Balaban J connectivity index is 1.92. The van der Waals surface area contributed by atoms with Crippen molar-refractivity contribution in [3.8, 4) is 0 Å². The number of hydrogen-bond acceptors (Lipinski definition) is 5. The molecular weight excluding hydrogens is 358 g/mol. The molecule has 1 aromatic carbocycles. The summed E-state index contributed by atoms with van der Waals surface area (Å²) in [6.07, 6.45) is 1.04. The molecule has 26 heavy (non-hydrogen) atoms. The largest absolute Gasteiger partial charge is 0.337 e. The van der Waals surface area contributed by atoms with Crippen LogP contribution in [0.3, 0.4) is 0 Å². The van der Waals surface area contributed by atoms with Crippen LogP contribution in [0.15, 0.2) is 33.9 Å². The molecule has 0 saturated carbocycles. The third-order valence-corrected chi connectivity index (χ3v) is 6.37. The van der Waals surface area contributed by atoms with Gasteiger partial charge in [-0.2, -0.15) is 0 Å². The second kappa shape index (κ2) is 7.06. The zero-order valence-corrected chi connectivity index (χ0v) is 15.3. The minimum Gasteiger partial charge on any atom is -0.337 e. The van der Waals surface area contributed by atoms with Gasteiger partial charge < -0.3 is 9.88 Å². The fourth-order valence-corrected chi connectivity index (χ4v) is 5.07. The second-order valence-electron chi connectivity index (χ2n) is 6.51. The standard InChI is InChI=1S/C17H21N3O5S/c1-2-8-19(12-7-9-26(24,25)11-12)15(21)10-20-16(22)13-5-3-4-6-14(13)18-17(20)23/h3-6,12H,2,7-11H2,1H3,(H,18,23). The number of nitrogens with zero attached hydrogens (tertiary/aromatic N) is 2. The molecule has 140 valence electrons. The van der Waals surface area contributed by atoms with Crippen LogP contribution in [0.1, 0.15) is 19.8 Å². The number of aromatic amines is 1. The van der Waals surface area contributed by atoms with Crippen molar-refractivity contribution in [1.82, 2.24) is 14.5 Å². The summed E-state index contributed by atoms with van der Waals surface area (Å²) in [6.45, 7) is 1.87. The first-order valence-electron chi connectivity index (χ1n) is 8.54. The lowest BCUT2D eigenvalue weighted by Crippen LogP contribution is -2.46. The zero-order chi connectivity index (χ0) is 18.9. The Hall–Kier alpha value is -2.42. The van der Waals surface area contributed by atoms with Crippen molar-refractivity contribution in [2.24, 2.45) is 0 Å². The molecule has 0 radical (unpaired) electrons. The average Bonchev–Trinajstić information content (AvgIpc) is 2.95. The second-order valence-corrected chi connectivity index (χ2v) is 8.74.